The van der Waals surface area contributed by atoms with Gasteiger partial charge in [0.1, 0.15) is 17.9 Å². The molecule has 0 aliphatic carbocycles. The van der Waals surface area contributed by atoms with Crippen LogP contribution in [-0.2, 0) is 11.2 Å². The zero-order valence-electron chi connectivity index (χ0n) is 14.8. The van der Waals surface area contributed by atoms with E-state index in [4.69, 9.17) is 9.15 Å². The highest BCUT2D eigenvalue weighted by Crippen LogP contribution is 2.19. The van der Waals surface area contributed by atoms with Crippen molar-refractivity contribution in [3.05, 3.63) is 76.6 Å². The van der Waals surface area contributed by atoms with Crippen LogP contribution in [0.1, 0.15) is 12.0 Å². The molecule has 3 aromatic rings. The van der Waals surface area contributed by atoms with Gasteiger partial charge in [-0.05, 0) is 30.2 Å². The first kappa shape index (κ1) is 18.7. The molecule has 0 radical (unpaired) electrons. The minimum atomic E-state index is -0.722. The van der Waals surface area contributed by atoms with Crippen LogP contribution in [0.2, 0.25) is 0 Å². The van der Waals surface area contributed by atoms with Crippen LogP contribution in [0.15, 0.2) is 69.9 Å². The van der Waals surface area contributed by atoms with Crippen molar-refractivity contribution >= 4 is 16.9 Å². The van der Waals surface area contributed by atoms with Crippen molar-refractivity contribution in [1.29, 1.82) is 0 Å². The number of carbonyl (C=O) groups is 1. The lowest BCUT2D eigenvalue weighted by Gasteiger charge is -2.13. The average Bonchev–Trinajstić information content (AvgIpc) is 2.66. The lowest BCUT2D eigenvalue weighted by atomic mass is 10.1. The lowest BCUT2D eigenvalue weighted by molar-refractivity contribution is -0.120. The smallest absolute Gasteiger partial charge is 0.336 e. The quantitative estimate of drug-likeness (QED) is 0.596. The Labute approximate surface area is 156 Å². The van der Waals surface area contributed by atoms with E-state index < -0.39 is 11.7 Å². The molecule has 0 bridgehead atoms. The summed E-state index contributed by atoms with van der Waals surface area (Å²) in [6.45, 7) is 0.444. The monoisotopic (exact) mass is 367 g/mol. The Morgan fingerprint density at radius 1 is 1.11 bits per heavy atom. The first-order valence-electron chi connectivity index (χ1n) is 8.75. The number of rotatable bonds is 8. The predicted octanol–water partition coefficient (Wildman–Crippen LogP) is 2.28. The molecule has 0 aliphatic rings. The summed E-state index contributed by atoms with van der Waals surface area (Å²) >= 11 is 0. The first-order valence-corrected chi connectivity index (χ1v) is 8.75. The van der Waals surface area contributed by atoms with Crippen LogP contribution in [-0.4, -0.2) is 30.3 Å². The van der Waals surface area contributed by atoms with E-state index in [0.717, 1.165) is 10.9 Å². The number of aliphatic hydroxyl groups is 1. The van der Waals surface area contributed by atoms with Crippen LogP contribution in [0, 0.1) is 0 Å². The second kappa shape index (κ2) is 9.00. The third kappa shape index (κ3) is 5.69. The third-order valence-corrected chi connectivity index (χ3v) is 4.04. The van der Waals surface area contributed by atoms with Gasteiger partial charge in [0.05, 0.1) is 12.5 Å². The number of hydrogen-bond donors (Lipinski definition) is 2. The number of aliphatic hydroxyl groups excluding tert-OH is 1. The minimum Gasteiger partial charge on any atom is -0.491 e. The van der Waals surface area contributed by atoms with Gasteiger partial charge in [0.25, 0.3) is 0 Å². The largest absolute Gasteiger partial charge is 0.491 e. The highest BCUT2D eigenvalue weighted by molar-refractivity contribution is 5.78. The molecule has 1 aromatic heterocycles. The van der Waals surface area contributed by atoms with Gasteiger partial charge >= 0.3 is 5.63 Å². The van der Waals surface area contributed by atoms with Crippen molar-refractivity contribution in [2.75, 3.05) is 13.2 Å². The topological polar surface area (TPSA) is 88.8 Å². The number of hydrogen-bond acceptors (Lipinski definition) is 5. The van der Waals surface area contributed by atoms with Gasteiger partial charge in [0.2, 0.25) is 5.91 Å². The predicted molar refractivity (Wildman–Crippen MR) is 102 cm³/mol. The fraction of sp³-hybridized carbons (Fsp3) is 0.238. The van der Waals surface area contributed by atoms with Crippen molar-refractivity contribution in [3.63, 3.8) is 0 Å². The number of benzene rings is 2. The van der Waals surface area contributed by atoms with Gasteiger partial charge in [-0.25, -0.2) is 4.79 Å². The van der Waals surface area contributed by atoms with Crippen LogP contribution in [0.4, 0.5) is 0 Å². The molecule has 0 fully saturated rings. The summed E-state index contributed by atoms with van der Waals surface area (Å²) in [4.78, 5) is 23.1. The van der Waals surface area contributed by atoms with Crippen LogP contribution in [0.3, 0.4) is 0 Å². The zero-order chi connectivity index (χ0) is 19.1. The first-order chi connectivity index (χ1) is 13.1. The number of carbonyl (C=O) groups excluding carboxylic acids is 1. The Balaban J connectivity index is 1.41. The molecular formula is C21H21NO5. The Bertz CT molecular complexity index is 951. The van der Waals surface area contributed by atoms with Crippen LogP contribution < -0.4 is 15.7 Å². The molecule has 1 unspecified atom stereocenters. The molecule has 0 saturated heterocycles. The van der Waals surface area contributed by atoms with E-state index in [2.05, 4.69) is 5.32 Å². The van der Waals surface area contributed by atoms with E-state index in [9.17, 15) is 14.7 Å². The summed E-state index contributed by atoms with van der Waals surface area (Å²) in [6, 6.07) is 17.7. The maximum Gasteiger partial charge on any atom is 0.336 e. The summed E-state index contributed by atoms with van der Waals surface area (Å²) in [5.74, 6) is 0.419. The molecule has 27 heavy (non-hydrogen) atoms. The highest BCUT2D eigenvalue weighted by atomic mass is 16.5. The lowest BCUT2D eigenvalue weighted by Crippen LogP contribution is -2.30. The molecule has 6 heteroatoms. The van der Waals surface area contributed by atoms with Gasteiger partial charge in [0, 0.05) is 24.1 Å². The molecule has 1 heterocycles. The van der Waals surface area contributed by atoms with Crippen molar-refractivity contribution < 1.29 is 19.1 Å². The van der Waals surface area contributed by atoms with E-state index in [-0.39, 0.29) is 12.5 Å². The molecule has 0 spiro atoms. The van der Waals surface area contributed by atoms with E-state index in [1.54, 1.807) is 24.3 Å². The fourth-order valence-electron chi connectivity index (χ4n) is 2.63. The second-order valence-corrected chi connectivity index (χ2v) is 6.22. The maximum absolute atomic E-state index is 11.9. The van der Waals surface area contributed by atoms with Gasteiger partial charge in [-0.2, -0.15) is 0 Å². The Kier molecular flexibility index (Phi) is 6.22. The number of nitrogens with one attached hydrogen (secondary N) is 1. The molecule has 0 aliphatic heterocycles. The van der Waals surface area contributed by atoms with E-state index in [1.165, 1.54) is 6.07 Å². The Morgan fingerprint density at radius 3 is 2.70 bits per heavy atom. The zero-order valence-corrected chi connectivity index (χ0v) is 14.8. The van der Waals surface area contributed by atoms with Crippen LogP contribution >= 0.6 is 0 Å². The molecule has 2 aromatic carbocycles. The molecule has 1 atom stereocenters. The van der Waals surface area contributed by atoms with Crippen molar-refractivity contribution in [2.45, 2.75) is 18.9 Å². The SMILES string of the molecule is O=C(Cc1ccccc1)NCCC(O)COc1ccc2ccc(=O)oc2c1. The standard InChI is InChI=1S/C21H21NO5/c23-17(10-11-22-20(24)12-15-4-2-1-3-5-15)14-26-18-8-6-16-7-9-21(25)27-19(16)13-18/h1-9,13,17,23H,10-12,14H2,(H,22,24). The van der Waals surface area contributed by atoms with Gasteiger partial charge in [-0.15, -0.1) is 0 Å². The normalized spacial score (nSPS) is 11.9. The second-order valence-electron chi connectivity index (χ2n) is 6.22. The summed E-state index contributed by atoms with van der Waals surface area (Å²) in [6.07, 6.45) is -0.0284. The fourth-order valence-corrected chi connectivity index (χ4v) is 2.63. The summed E-state index contributed by atoms with van der Waals surface area (Å²) in [5.41, 5.74) is 0.954. The number of amides is 1. The third-order valence-electron chi connectivity index (χ3n) is 4.04. The van der Waals surface area contributed by atoms with Crippen molar-refractivity contribution in [3.8, 4) is 5.75 Å². The van der Waals surface area contributed by atoms with E-state index >= 15 is 0 Å². The van der Waals surface area contributed by atoms with Gasteiger partial charge in [-0.3, -0.25) is 4.79 Å². The number of fused-ring (bicyclic) bond motifs is 1. The highest BCUT2D eigenvalue weighted by Gasteiger charge is 2.08. The molecule has 2 N–H and O–H groups in total. The van der Waals surface area contributed by atoms with Crippen molar-refractivity contribution in [1.82, 2.24) is 5.32 Å². The van der Waals surface area contributed by atoms with Crippen LogP contribution in [0.5, 0.6) is 5.75 Å². The average molecular weight is 367 g/mol. The van der Waals surface area contributed by atoms with E-state index in [1.807, 2.05) is 30.3 Å². The Morgan fingerprint density at radius 2 is 1.89 bits per heavy atom. The molecular weight excluding hydrogens is 346 g/mol. The summed E-state index contributed by atoms with van der Waals surface area (Å²) in [5, 5.41) is 13.6. The van der Waals surface area contributed by atoms with Gasteiger partial charge in [-0.1, -0.05) is 30.3 Å². The van der Waals surface area contributed by atoms with Crippen molar-refractivity contribution in [2.24, 2.45) is 0 Å². The minimum absolute atomic E-state index is 0.0805. The number of ether oxygens (including phenoxy) is 1. The molecule has 0 saturated carbocycles. The van der Waals surface area contributed by atoms with E-state index in [0.29, 0.717) is 30.7 Å². The summed E-state index contributed by atoms with van der Waals surface area (Å²) < 4.78 is 10.6. The summed E-state index contributed by atoms with van der Waals surface area (Å²) in [7, 11) is 0. The molecule has 6 nitrogen and oxygen atoms in total. The van der Waals surface area contributed by atoms with Crippen LogP contribution in [0.25, 0.3) is 11.0 Å². The molecule has 3 rings (SSSR count). The maximum atomic E-state index is 11.9. The molecule has 140 valence electrons. The van der Waals surface area contributed by atoms with Gasteiger partial charge in [0.15, 0.2) is 0 Å². The van der Waals surface area contributed by atoms with Gasteiger partial charge < -0.3 is 19.6 Å². The Hall–Kier alpha value is -3.12. The molecule has 1 amide bonds.